The largest absolute Gasteiger partial charge is 0.449 e. The summed E-state index contributed by atoms with van der Waals surface area (Å²) in [4.78, 5) is 26.9. The number of hydrogen-bond acceptors (Lipinski definition) is 5. The average Bonchev–Trinajstić information content (AvgIpc) is 2.88. The van der Waals surface area contributed by atoms with Crippen molar-refractivity contribution in [3.05, 3.63) is 95.6 Å². The smallest absolute Gasteiger partial charge is 0.338 e. The molecule has 0 aromatic heterocycles. The zero-order valence-electron chi connectivity index (χ0n) is 19.0. The lowest BCUT2D eigenvalue weighted by atomic mass is 10.0. The second kappa shape index (κ2) is 9.79. The second-order valence-corrected chi connectivity index (χ2v) is 10.1. The molecule has 0 aliphatic carbocycles. The van der Waals surface area contributed by atoms with Gasteiger partial charge < -0.3 is 9.64 Å². The van der Waals surface area contributed by atoms with E-state index in [2.05, 4.69) is 0 Å². The number of esters is 1. The van der Waals surface area contributed by atoms with E-state index in [1.165, 1.54) is 40.4 Å². The number of carbonyl (C=O) groups is 2. The van der Waals surface area contributed by atoms with Crippen LogP contribution in [0.4, 0.5) is 5.69 Å². The van der Waals surface area contributed by atoms with E-state index in [1.807, 2.05) is 42.5 Å². The van der Waals surface area contributed by atoms with Gasteiger partial charge in [0.15, 0.2) is 6.10 Å². The lowest BCUT2D eigenvalue weighted by Crippen LogP contribution is -2.37. The molecule has 1 heterocycles. The van der Waals surface area contributed by atoms with Crippen LogP contribution in [0.1, 0.15) is 28.4 Å². The SMILES string of the molecule is C[C@H](OC(=O)c1cccc(S(=O)(=O)N2CCc3ccccc3C2)c1)C(=O)N(C)c1ccccc1. The number of likely N-dealkylation sites (N-methyl/N-ethyl adjacent to an activating group) is 1. The van der Waals surface area contributed by atoms with Crippen molar-refractivity contribution in [3.63, 3.8) is 0 Å². The first-order valence-electron chi connectivity index (χ1n) is 11.0. The summed E-state index contributed by atoms with van der Waals surface area (Å²) in [7, 11) is -2.20. The van der Waals surface area contributed by atoms with Crippen LogP contribution in [0.2, 0.25) is 0 Å². The third-order valence-corrected chi connectivity index (χ3v) is 7.75. The van der Waals surface area contributed by atoms with Crippen LogP contribution in [0.25, 0.3) is 0 Å². The number of amides is 1. The summed E-state index contributed by atoms with van der Waals surface area (Å²) in [6, 6.07) is 22.5. The highest BCUT2D eigenvalue weighted by Gasteiger charge is 2.29. The minimum atomic E-state index is -3.80. The number of carbonyl (C=O) groups excluding carboxylic acids is 2. The summed E-state index contributed by atoms with van der Waals surface area (Å²) >= 11 is 0. The number of nitrogens with zero attached hydrogens (tertiary/aromatic N) is 2. The Labute approximate surface area is 199 Å². The highest BCUT2D eigenvalue weighted by atomic mass is 32.2. The topological polar surface area (TPSA) is 84.0 Å². The van der Waals surface area contributed by atoms with Crippen molar-refractivity contribution >= 4 is 27.6 Å². The molecule has 0 fully saturated rings. The fourth-order valence-corrected chi connectivity index (χ4v) is 5.40. The van der Waals surface area contributed by atoms with Crippen LogP contribution < -0.4 is 4.90 Å². The zero-order chi connectivity index (χ0) is 24.3. The highest BCUT2D eigenvalue weighted by Crippen LogP contribution is 2.25. The molecule has 8 heteroatoms. The Bertz CT molecular complexity index is 1310. The standard InChI is InChI=1S/C26H26N2O5S/c1-19(25(29)27(2)23-12-4-3-5-13-23)33-26(30)21-11-8-14-24(17-21)34(31,32)28-16-15-20-9-6-7-10-22(20)18-28/h3-14,17,19H,15-16,18H2,1-2H3/t19-/m0/s1. The highest BCUT2D eigenvalue weighted by molar-refractivity contribution is 7.89. The molecule has 4 rings (SSSR count). The lowest BCUT2D eigenvalue weighted by molar-refractivity contribution is -0.126. The van der Waals surface area contributed by atoms with Crippen LogP contribution in [0.15, 0.2) is 83.8 Å². The van der Waals surface area contributed by atoms with Gasteiger partial charge in [-0.2, -0.15) is 4.31 Å². The van der Waals surface area contributed by atoms with Crippen molar-refractivity contribution in [2.45, 2.75) is 30.9 Å². The van der Waals surface area contributed by atoms with Crippen molar-refractivity contribution < 1.29 is 22.7 Å². The molecular weight excluding hydrogens is 452 g/mol. The van der Waals surface area contributed by atoms with Gasteiger partial charge in [-0.15, -0.1) is 0 Å². The number of sulfonamides is 1. The molecule has 0 spiro atoms. The summed E-state index contributed by atoms with van der Waals surface area (Å²) in [6.45, 7) is 2.14. The maximum Gasteiger partial charge on any atom is 0.338 e. The van der Waals surface area contributed by atoms with Gasteiger partial charge in [0, 0.05) is 25.8 Å². The first kappa shape index (κ1) is 23.7. The predicted octanol–water partition coefficient (Wildman–Crippen LogP) is 3.64. The number of hydrogen-bond donors (Lipinski definition) is 0. The van der Waals surface area contributed by atoms with Crippen molar-refractivity contribution in [2.75, 3.05) is 18.5 Å². The van der Waals surface area contributed by atoms with E-state index in [0.29, 0.717) is 18.7 Å². The summed E-state index contributed by atoms with van der Waals surface area (Å²) in [5.41, 5.74) is 2.86. The molecular formula is C26H26N2O5S. The van der Waals surface area contributed by atoms with E-state index in [-0.39, 0.29) is 17.0 Å². The Hall–Kier alpha value is -3.49. The molecule has 0 bridgehead atoms. The third-order valence-electron chi connectivity index (χ3n) is 5.91. The molecule has 34 heavy (non-hydrogen) atoms. The molecule has 0 saturated carbocycles. The van der Waals surface area contributed by atoms with Crippen molar-refractivity contribution in [2.24, 2.45) is 0 Å². The molecule has 176 valence electrons. The van der Waals surface area contributed by atoms with Crippen LogP contribution in [-0.4, -0.2) is 44.3 Å². The Morgan fingerprint density at radius 3 is 2.35 bits per heavy atom. The van der Waals surface area contributed by atoms with Gasteiger partial charge in [-0.25, -0.2) is 13.2 Å². The molecule has 0 N–H and O–H groups in total. The minimum absolute atomic E-state index is 0.0155. The fraction of sp³-hybridized carbons (Fsp3) is 0.231. The first-order valence-corrected chi connectivity index (χ1v) is 12.4. The van der Waals surface area contributed by atoms with Crippen LogP contribution in [0.5, 0.6) is 0 Å². The molecule has 0 unspecified atom stereocenters. The summed E-state index contributed by atoms with van der Waals surface area (Å²) in [5, 5.41) is 0. The first-order chi connectivity index (χ1) is 16.3. The van der Waals surface area contributed by atoms with Gasteiger partial charge in [-0.3, -0.25) is 4.79 Å². The van der Waals surface area contributed by atoms with Gasteiger partial charge in [0.2, 0.25) is 10.0 Å². The van der Waals surface area contributed by atoms with E-state index in [9.17, 15) is 18.0 Å². The molecule has 0 radical (unpaired) electrons. The Morgan fingerprint density at radius 1 is 0.941 bits per heavy atom. The van der Waals surface area contributed by atoms with Gasteiger partial charge in [-0.05, 0) is 54.8 Å². The van der Waals surface area contributed by atoms with Crippen LogP contribution in [0.3, 0.4) is 0 Å². The molecule has 3 aromatic carbocycles. The van der Waals surface area contributed by atoms with Gasteiger partial charge >= 0.3 is 5.97 Å². The molecule has 7 nitrogen and oxygen atoms in total. The van der Waals surface area contributed by atoms with Gasteiger partial charge in [0.05, 0.1) is 10.5 Å². The number of benzene rings is 3. The maximum absolute atomic E-state index is 13.3. The predicted molar refractivity (Wildman–Crippen MR) is 129 cm³/mol. The number of rotatable bonds is 6. The van der Waals surface area contributed by atoms with Gasteiger partial charge in [-0.1, -0.05) is 48.5 Å². The van der Waals surface area contributed by atoms with Crippen LogP contribution in [0, 0.1) is 0 Å². The monoisotopic (exact) mass is 478 g/mol. The molecule has 3 aromatic rings. The van der Waals surface area contributed by atoms with Crippen molar-refractivity contribution in [1.29, 1.82) is 0 Å². The molecule has 1 amide bonds. The Morgan fingerprint density at radius 2 is 1.62 bits per heavy atom. The molecule has 1 aliphatic rings. The van der Waals surface area contributed by atoms with Gasteiger partial charge in [0.25, 0.3) is 5.91 Å². The number of para-hydroxylation sites is 1. The zero-order valence-corrected chi connectivity index (χ0v) is 19.9. The molecule has 1 atom stereocenters. The molecule has 0 saturated heterocycles. The summed E-state index contributed by atoms with van der Waals surface area (Å²) in [6.07, 6.45) is -0.414. The normalized spacial score (nSPS) is 14.6. The molecule has 1 aliphatic heterocycles. The van der Waals surface area contributed by atoms with Crippen LogP contribution in [-0.2, 0) is 32.5 Å². The van der Waals surface area contributed by atoms with Crippen molar-refractivity contribution in [3.8, 4) is 0 Å². The van der Waals surface area contributed by atoms with Crippen LogP contribution >= 0.6 is 0 Å². The Balaban J connectivity index is 1.47. The lowest BCUT2D eigenvalue weighted by Gasteiger charge is -2.28. The number of fused-ring (bicyclic) bond motifs is 1. The van der Waals surface area contributed by atoms with E-state index >= 15 is 0 Å². The van der Waals surface area contributed by atoms with E-state index < -0.39 is 28.0 Å². The Kier molecular flexibility index (Phi) is 6.81. The van der Waals surface area contributed by atoms with E-state index in [1.54, 1.807) is 19.2 Å². The minimum Gasteiger partial charge on any atom is -0.449 e. The number of anilines is 1. The van der Waals surface area contributed by atoms with E-state index in [0.717, 1.165) is 11.1 Å². The number of ether oxygens (including phenoxy) is 1. The summed E-state index contributed by atoms with van der Waals surface area (Å²) in [5.74, 6) is -1.15. The van der Waals surface area contributed by atoms with Gasteiger partial charge in [0.1, 0.15) is 0 Å². The maximum atomic E-state index is 13.3. The quantitative estimate of drug-likeness (QED) is 0.505. The fourth-order valence-electron chi connectivity index (χ4n) is 3.94. The summed E-state index contributed by atoms with van der Waals surface area (Å²) < 4.78 is 33.3. The average molecular weight is 479 g/mol. The van der Waals surface area contributed by atoms with E-state index in [4.69, 9.17) is 4.74 Å². The second-order valence-electron chi connectivity index (χ2n) is 8.17. The van der Waals surface area contributed by atoms with Crippen molar-refractivity contribution in [1.82, 2.24) is 4.31 Å². The third kappa shape index (κ3) is 4.88.